The SMILES string of the molecule is C=C(Cl)CCC(=O)CCCCCC. The molecule has 0 N–H and O–H groups in total. The number of carbonyl (C=O) groups is 1. The van der Waals surface area contributed by atoms with Crippen LogP contribution in [0.3, 0.4) is 0 Å². The van der Waals surface area contributed by atoms with Crippen LogP contribution in [-0.2, 0) is 4.79 Å². The van der Waals surface area contributed by atoms with E-state index in [1.165, 1.54) is 19.3 Å². The number of allylic oxidation sites excluding steroid dienone is 1. The number of ketones is 1. The first-order chi connectivity index (χ1) is 6.16. The molecule has 0 amide bonds. The molecule has 0 aliphatic rings. The van der Waals surface area contributed by atoms with Crippen LogP contribution in [0.5, 0.6) is 0 Å². The number of hydrogen-bond acceptors (Lipinski definition) is 1. The van der Waals surface area contributed by atoms with E-state index in [1.54, 1.807) is 0 Å². The second kappa shape index (κ2) is 8.31. The fourth-order valence-electron chi connectivity index (χ4n) is 1.15. The monoisotopic (exact) mass is 202 g/mol. The standard InChI is InChI=1S/C11H19ClO/c1-3-4-5-6-7-11(13)9-8-10(2)12/h2-9H2,1H3. The molecule has 0 saturated heterocycles. The zero-order valence-corrected chi connectivity index (χ0v) is 9.20. The molecule has 0 aromatic rings. The fourth-order valence-corrected chi connectivity index (χ4v) is 1.24. The molecule has 0 atom stereocenters. The predicted molar refractivity (Wildman–Crippen MR) is 58.0 cm³/mol. The van der Waals surface area contributed by atoms with Crippen molar-refractivity contribution < 1.29 is 4.79 Å². The Hall–Kier alpha value is -0.300. The summed E-state index contributed by atoms with van der Waals surface area (Å²) in [5, 5.41) is 0.585. The highest BCUT2D eigenvalue weighted by molar-refractivity contribution is 6.29. The zero-order chi connectivity index (χ0) is 10.1. The topological polar surface area (TPSA) is 17.1 Å². The third kappa shape index (κ3) is 9.62. The molecule has 0 spiro atoms. The van der Waals surface area contributed by atoms with Gasteiger partial charge in [0.1, 0.15) is 5.78 Å². The summed E-state index contributed by atoms with van der Waals surface area (Å²) in [6.07, 6.45) is 6.56. The lowest BCUT2D eigenvalue weighted by Gasteiger charge is -1.99. The maximum Gasteiger partial charge on any atom is 0.133 e. The number of carbonyl (C=O) groups excluding carboxylic acids is 1. The van der Waals surface area contributed by atoms with E-state index in [-0.39, 0.29) is 0 Å². The first-order valence-corrected chi connectivity index (χ1v) is 5.39. The molecule has 0 aromatic heterocycles. The maximum absolute atomic E-state index is 11.2. The fraction of sp³-hybridized carbons (Fsp3) is 0.727. The summed E-state index contributed by atoms with van der Waals surface area (Å²) in [4.78, 5) is 11.2. The Kier molecular flexibility index (Phi) is 8.11. The Morgan fingerprint density at radius 2 is 1.85 bits per heavy atom. The molecule has 0 fully saturated rings. The number of rotatable bonds is 8. The number of unbranched alkanes of at least 4 members (excludes halogenated alkanes) is 3. The van der Waals surface area contributed by atoms with Crippen molar-refractivity contribution in [2.75, 3.05) is 0 Å². The zero-order valence-electron chi connectivity index (χ0n) is 8.44. The highest BCUT2D eigenvalue weighted by atomic mass is 35.5. The average Bonchev–Trinajstić information content (AvgIpc) is 2.09. The molecule has 0 unspecified atom stereocenters. The number of hydrogen-bond donors (Lipinski definition) is 0. The number of halogens is 1. The molecule has 0 rings (SSSR count). The van der Waals surface area contributed by atoms with Crippen molar-refractivity contribution in [2.45, 2.75) is 51.9 Å². The van der Waals surface area contributed by atoms with Crippen LogP contribution in [0.2, 0.25) is 0 Å². The van der Waals surface area contributed by atoms with Gasteiger partial charge in [0.05, 0.1) is 0 Å². The van der Waals surface area contributed by atoms with E-state index < -0.39 is 0 Å². The molecule has 2 heteroatoms. The minimum atomic E-state index is 0.318. The summed E-state index contributed by atoms with van der Waals surface area (Å²) in [5.74, 6) is 0.318. The summed E-state index contributed by atoms with van der Waals surface area (Å²) >= 11 is 5.56. The van der Waals surface area contributed by atoms with E-state index in [1.807, 2.05) is 0 Å². The Balaban J connectivity index is 3.25. The van der Waals surface area contributed by atoms with Crippen LogP contribution < -0.4 is 0 Å². The van der Waals surface area contributed by atoms with E-state index in [0.29, 0.717) is 30.1 Å². The second-order valence-electron chi connectivity index (χ2n) is 3.37. The van der Waals surface area contributed by atoms with Crippen molar-refractivity contribution in [1.82, 2.24) is 0 Å². The average molecular weight is 203 g/mol. The Labute approximate surface area is 86.2 Å². The second-order valence-corrected chi connectivity index (χ2v) is 3.90. The van der Waals surface area contributed by atoms with Crippen LogP contribution >= 0.6 is 11.6 Å². The van der Waals surface area contributed by atoms with Crippen molar-refractivity contribution in [2.24, 2.45) is 0 Å². The van der Waals surface area contributed by atoms with Gasteiger partial charge in [-0.2, -0.15) is 0 Å². The molecule has 13 heavy (non-hydrogen) atoms. The van der Waals surface area contributed by atoms with E-state index in [0.717, 1.165) is 6.42 Å². The summed E-state index contributed by atoms with van der Waals surface area (Å²) < 4.78 is 0. The van der Waals surface area contributed by atoms with Crippen molar-refractivity contribution in [1.29, 1.82) is 0 Å². The van der Waals surface area contributed by atoms with Crippen molar-refractivity contribution >= 4 is 17.4 Å². The first kappa shape index (κ1) is 12.7. The van der Waals surface area contributed by atoms with Crippen molar-refractivity contribution in [3.63, 3.8) is 0 Å². The Morgan fingerprint density at radius 1 is 1.15 bits per heavy atom. The lowest BCUT2D eigenvalue weighted by Crippen LogP contribution is -1.97. The van der Waals surface area contributed by atoms with Gasteiger partial charge in [-0.15, -0.1) is 0 Å². The highest BCUT2D eigenvalue weighted by Crippen LogP contribution is 2.10. The number of Topliss-reactive ketones (excluding diaryl/α,β-unsaturated/α-hetero) is 1. The summed E-state index contributed by atoms with van der Waals surface area (Å²) in [6, 6.07) is 0. The van der Waals surface area contributed by atoms with Gasteiger partial charge in [-0.05, 0) is 12.8 Å². The molecule has 0 aliphatic carbocycles. The molecule has 0 radical (unpaired) electrons. The molecular formula is C11H19ClO. The molecule has 0 aromatic carbocycles. The maximum atomic E-state index is 11.2. The van der Waals surface area contributed by atoms with Crippen LogP contribution in [0.25, 0.3) is 0 Å². The van der Waals surface area contributed by atoms with Crippen LogP contribution in [-0.4, -0.2) is 5.78 Å². The van der Waals surface area contributed by atoms with Crippen LogP contribution in [0.4, 0.5) is 0 Å². The van der Waals surface area contributed by atoms with Gasteiger partial charge in [-0.3, -0.25) is 4.79 Å². The molecule has 0 saturated carbocycles. The van der Waals surface area contributed by atoms with Crippen molar-refractivity contribution in [3.8, 4) is 0 Å². The van der Waals surface area contributed by atoms with Gasteiger partial charge in [0, 0.05) is 17.9 Å². The Morgan fingerprint density at radius 3 is 2.38 bits per heavy atom. The minimum Gasteiger partial charge on any atom is -0.300 e. The molecular weight excluding hydrogens is 184 g/mol. The van der Waals surface area contributed by atoms with Gasteiger partial charge >= 0.3 is 0 Å². The van der Waals surface area contributed by atoms with E-state index >= 15 is 0 Å². The minimum absolute atomic E-state index is 0.318. The molecule has 1 nitrogen and oxygen atoms in total. The molecule has 0 bridgehead atoms. The predicted octanol–water partition coefficient (Wildman–Crippen LogP) is 4.06. The van der Waals surface area contributed by atoms with E-state index in [2.05, 4.69) is 13.5 Å². The lowest BCUT2D eigenvalue weighted by atomic mass is 10.1. The molecule has 0 aliphatic heterocycles. The van der Waals surface area contributed by atoms with Crippen LogP contribution in [0, 0.1) is 0 Å². The first-order valence-electron chi connectivity index (χ1n) is 5.01. The van der Waals surface area contributed by atoms with Gasteiger partial charge in [-0.1, -0.05) is 44.4 Å². The van der Waals surface area contributed by atoms with E-state index in [4.69, 9.17) is 11.6 Å². The van der Waals surface area contributed by atoms with Crippen LogP contribution in [0.1, 0.15) is 51.9 Å². The smallest absolute Gasteiger partial charge is 0.133 e. The van der Waals surface area contributed by atoms with Crippen LogP contribution in [0.15, 0.2) is 11.6 Å². The van der Waals surface area contributed by atoms with Gasteiger partial charge in [0.25, 0.3) is 0 Å². The molecule has 0 heterocycles. The largest absolute Gasteiger partial charge is 0.300 e. The van der Waals surface area contributed by atoms with Gasteiger partial charge in [-0.25, -0.2) is 0 Å². The summed E-state index contributed by atoms with van der Waals surface area (Å²) in [6.45, 7) is 5.72. The summed E-state index contributed by atoms with van der Waals surface area (Å²) in [5.41, 5.74) is 0. The summed E-state index contributed by atoms with van der Waals surface area (Å²) in [7, 11) is 0. The van der Waals surface area contributed by atoms with Crippen molar-refractivity contribution in [3.05, 3.63) is 11.6 Å². The van der Waals surface area contributed by atoms with E-state index in [9.17, 15) is 4.79 Å². The third-order valence-corrected chi connectivity index (χ3v) is 2.17. The lowest BCUT2D eigenvalue weighted by molar-refractivity contribution is -0.119. The van der Waals surface area contributed by atoms with Gasteiger partial charge in [0.15, 0.2) is 0 Å². The highest BCUT2D eigenvalue weighted by Gasteiger charge is 2.01. The Bertz CT molecular complexity index is 163. The van der Waals surface area contributed by atoms with Gasteiger partial charge in [0.2, 0.25) is 0 Å². The quantitative estimate of drug-likeness (QED) is 0.543. The molecule has 76 valence electrons. The van der Waals surface area contributed by atoms with Gasteiger partial charge < -0.3 is 0 Å². The normalized spacial score (nSPS) is 10.0. The third-order valence-electron chi connectivity index (χ3n) is 1.98.